The summed E-state index contributed by atoms with van der Waals surface area (Å²) >= 11 is 4.15. The highest BCUT2D eigenvalue weighted by atomic mass is 32.2. The maximum Gasteiger partial charge on any atom is 0.0663 e. The molecule has 0 radical (unpaired) electrons. The summed E-state index contributed by atoms with van der Waals surface area (Å²) in [5.41, 5.74) is 1.30. The zero-order valence-corrected chi connectivity index (χ0v) is 12.8. The lowest BCUT2D eigenvalue weighted by Gasteiger charge is -2.38. The van der Waals surface area contributed by atoms with Gasteiger partial charge < -0.3 is 9.84 Å². The summed E-state index contributed by atoms with van der Waals surface area (Å²) in [6.45, 7) is 6.58. The minimum Gasteiger partial charge on any atom is -0.396 e. The maximum atomic E-state index is 9.11. The number of thioether (sulfide) groups is 2. The topological polar surface area (TPSA) is 29.5 Å². The van der Waals surface area contributed by atoms with Gasteiger partial charge in [-0.1, -0.05) is 19.1 Å². The molecule has 104 valence electrons. The van der Waals surface area contributed by atoms with Crippen LogP contribution in [-0.2, 0) is 4.74 Å². The Morgan fingerprint density at radius 3 is 2.78 bits per heavy atom. The van der Waals surface area contributed by atoms with Gasteiger partial charge in [-0.05, 0) is 37.2 Å². The molecule has 2 rings (SSSR count). The van der Waals surface area contributed by atoms with Gasteiger partial charge in [-0.3, -0.25) is 0 Å². The van der Waals surface area contributed by atoms with Crippen LogP contribution in [0.3, 0.4) is 0 Å². The Labute approximate surface area is 119 Å². The van der Waals surface area contributed by atoms with E-state index in [1.165, 1.54) is 23.5 Å². The second-order valence-corrected chi connectivity index (χ2v) is 8.14. The van der Waals surface area contributed by atoms with Crippen molar-refractivity contribution in [1.29, 1.82) is 0 Å². The van der Waals surface area contributed by atoms with Crippen LogP contribution in [0.15, 0.2) is 12.2 Å². The lowest BCUT2D eigenvalue weighted by Crippen LogP contribution is -2.37. The molecule has 2 fully saturated rings. The zero-order chi connectivity index (χ0) is 13.0. The van der Waals surface area contributed by atoms with Crippen LogP contribution in [-0.4, -0.2) is 40.0 Å². The lowest BCUT2D eigenvalue weighted by molar-refractivity contribution is -0.0657. The molecule has 0 aromatic heterocycles. The Balaban J connectivity index is 1.86. The van der Waals surface area contributed by atoms with Crippen molar-refractivity contribution < 1.29 is 9.84 Å². The fourth-order valence-electron chi connectivity index (χ4n) is 2.63. The average molecular weight is 288 g/mol. The lowest BCUT2D eigenvalue weighted by atomic mass is 9.87. The molecule has 18 heavy (non-hydrogen) atoms. The van der Waals surface area contributed by atoms with E-state index in [4.69, 9.17) is 9.84 Å². The van der Waals surface area contributed by atoms with Gasteiger partial charge in [-0.2, -0.15) is 0 Å². The van der Waals surface area contributed by atoms with E-state index in [1.54, 1.807) is 0 Å². The standard InChI is InChI=1S/C14H24O2S2/c1-10-8-12(9-14-17-6-3-7-18-14)16-13(4-5-15)11(10)2/h11-15H,1,3-9H2,2H3/t11-,12+,13+/m1/s1. The summed E-state index contributed by atoms with van der Waals surface area (Å²) in [4.78, 5) is 0. The van der Waals surface area contributed by atoms with Crippen LogP contribution in [0.2, 0.25) is 0 Å². The first-order valence-corrected chi connectivity index (χ1v) is 8.97. The van der Waals surface area contributed by atoms with Crippen LogP contribution in [0.25, 0.3) is 0 Å². The van der Waals surface area contributed by atoms with E-state index < -0.39 is 0 Å². The highest BCUT2D eigenvalue weighted by Crippen LogP contribution is 2.38. The molecule has 0 amide bonds. The number of hydrogen-bond acceptors (Lipinski definition) is 4. The van der Waals surface area contributed by atoms with Gasteiger partial charge in [0.15, 0.2) is 0 Å². The van der Waals surface area contributed by atoms with Crippen molar-refractivity contribution in [3.63, 3.8) is 0 Å². The quantitative estimate of drug-likeness (QED) is 0.804. The van der Waals surface area contributed by atoms with E-state index >= 15 is 0 Å². The number of hydrogen-bond donors (Lipinski definition) is 1. The molecule has 1 N–H and O–H groups in total. The Hall–Kier alpha value is 0.360. The molecule has 2 aliphatic rings. The third kappa shape index (κ3) is 3.92. The second-order valence-electron chi connectivity index (χ2n) is 5.22. The van der Waals surface area contributed by atoms with Gasteiger partial charge in [0, 0.05) is 12.5 Å². The van der Waals surface area contributed by atoms with Crippen molar-refractivity contribution >= 4 is 23.5 Å². The van der Waals surface area contributed by atoms with Crippen molar-refractivity contribution in [3.05, 3.63) is 12.2 Å². The molecule has 0 spiro atoms. The van der Waals surface area contributed by atoms with Gasteiger partial charge in [0.2, 0.25) is 0 Å². The van der Waals surface area contributed by atoms with Crippen LogP contribution < -0.4 is 0 Å². The molecule has 0 unspecified atom stereocenters. The van der Waals surface area contributed by atoms with Gasteiger partial charge in [-0.15, -0.1) is 23.5 Å². The van der Waals surface area contributed by atoms with Crippen molar-refractivity contribution in [2.75, 3.05) is 18.1 Å². The fourth-order valence-corrected chi connectivity index (χ4v) is 5.62. The molecule has 4 heteroatoms. The predicted molar refractivity (Wildman–Crippen MR) is 81.2 cm³/mol. The van der Waals surface area contributed by atoms with Crippen LogP contribution in [0.1, 0.15) is 32.6 Å². The Bertz CT molecular complexity index is 275. The number of ether oxygens (including phenoxy) is 1. The summed E-state index contributed by atoms with van der Waals surface area (Å²) in [6, 6.07) is 0. The highest BCUT2D eigenvalue weighted by molar-refractivity contribution is 8.17. The summed E-state index contributed by atoms with van der Waals surface area (Å²) < 4.78 is 6.86. The first kappa shape index (κ1) is 14.8. The molecular weight excluding hydrogens is 264 g/mol. The molecule has 2 nitrogen and oxygen atoms in total. The Morgan fingerprint density at radius 1 is 1.39 bits per heavy atom. The summed E-state index contributed by atoms with van der Waals surface area (Å²) in [6.07, 6.45) is 4.69. The Morgan fingerprint density at radius 2 is 2.11 bits per heavy atom. The zero-order valence-electron chi connectivity index (χ0n) is 11.1. The molecule has 0 bridgehead atoms. The van der Waals surface area contributed by atoms with Crippen molar-refractivity contribution in [2.45, 2.75) is 49.4 Å². The van der Waals surface area contributed by atoms with Gasteiger partial charge >= 0.3 is 0 Å². The van der Waals surface area contributed by atoms with Crippen molar-refractivity contribution in [1.82, 2.24) is 0 Å². The monoisotopic (exact) mass is 288 g/mol. The molecular formula is C14H24O2S2. The molecule has 0 saturated carbocycles. The molecule has 2 aliphatic heterocycles. The van der Waals surface area contributed by atoms with Crippen LogP contribution >= 0.6 is 23.5 Å². The minimum atomic E-state index is 0.167. The second kappa shape index (κ2) is 7.22. The first-order valence-electron chi connectivity index (χ1n) is 6.88. The average Bonchev–Trinajstić information content (AvgIpc) is 2.37. The van der Waals surface area contributed by atoms with E-state index in [2.05, 4.69) is 37.0 Å². The van der Waals surface area contributed by atoms with Crippen LogP contribution in [0.5, 0.6) is 0 Å². The van der Waals surface area contributed by atoms with Crippen LogP contribution in [0.4, 0.5) is 0 Å². The van der Waals surface area contributed by atoms with E-state index in [9.17, 15) is 0 Å². The van der Waals surface area contributed by atoms with Crippen molar-refractivity contribution in [2.24, 2.45) is 5.92 Å². The molecule has 2 saturated heterocycles. The highest BCUT2D eigenvalue weighted by Gasteiger charge is 2.32. The molecule has 0 aliphatic carbocycles. The van der Waals surface area contributed by atoms with E-state index in [1.807, 2.05) is 0 Å². The SMILES string of the molecule is C=C1C[C@@H](CC2SCCCS2)O[C@@H](CCO)[C@@H]1C. The fraction of sp³-hybridized carbons (Fsp3) is 0.857. The largest absolute Gasteiger partial charge is 0.396 e. The smallest absolute Gasteiger partial charge is 0.0663 e. The van der Waals surface area contributed by atoms with E-state index in [-0.39, 0.29) is 12.7 Å². The van der Waals surface area contributed by atoms with Crippen LogP contribution in [0, 0.1) is 5.92 Å². The van der Waals surface area contributed by atoms with E-state index in [0.29, 0.717) is 16.6 Å². The summed E-state index contributed by atoms with van der Waals surface area (Å²) in [5, 5.41) is 9.11. The van der Waals surface area contributed by atoms with Gasteiger partial charge in [0.25, 0.3) is 0 Å². The summed E-state index contributed by atoms with van der Waals surface area (Å²) in [5.74, 6) is 2.98. The normalized spacial score (nSPS) is 34.8. The molecule has 0 aromatic carbocycles. The van der Waals surface area contributed by atoms with Crippen molar-refractivity contribution in [3.8, 4) is 0 Å². The molecule has 0 aromatic rings. The predicted octanol–water partition coefficient (Wildman–Crippen LogP) is 3.30. The third-order valence-electron chi connectivity index (χ3n) is 3.82. The molecule has 3 atom stereocenters. The van der Waals surface area contributed by atoms with Gasteiger partial charge in [-0.25, -0.2) is 0 Å². The number of rotatable bonds is 4. The van der Waals surface area contributed by atoms with E-state index in [0.717, 1.165) is 19.3 Å². The minimum absolute atomic E-state index is 0.167. The first-order chi connectivity index (χ1) is 8.70. The van der Waals surface area contributed by atoms with Gasteiger partial charge in [0.1, 0.15) is 0 Å². The summed E-state index contributed by atoms with van der Waals surface area (Å²) in [7, 11) is 0. The van der Waals surface area contributed by atoms with Gasteiger partial charge in [0.05, 0.1) is 16.8 Å². The number of aliphatic hydroxyl groups excluding tert-OH is 1. The Kier molecular flexibility index (Phi) is 5.93. The third-order valence-corrected chi connectivity index (χ3v) is 6.82. The maximum absolute atomic E-state index is 9.11. The molecule has 2 heterocycles. The number of aliphatic hydroxyl groups is 1.